The Kier molecular flexibility index (Phi) is 6.01. The molecular weight excluding hydrogens is 427 g/mol. The Labute approximate surface area is 190 Å². The van der Waals surface area contributed by atoms with Gasteiger partial charge >= 0.3 is 0 Å². The van der Waals surface area contributed by atoms with Crippen LogP contribution in [0.4, 0.5) is 10.1 Å². The van der Waals surface area contributed by atoms with Crippen molar-refractivity contribution in [2.75, 3.05) is 4.90 Å². The topological polar surface area (TPSA) is 58.6 Å². The minimum absolute atomic E-state index is 0.0486. The Hall–Kier alpha value is -3.58. The van der Waals surface area contributed by atoms with Crippen molar-refractivity contribution in [3.05, 3.63) is 77.6 Å². The summed E-state index contributed by atoms with van der Waals surface area (Å²) < 4.78 is 19.5. The molecule has 2 amide bonds. The molecule has 0 aromatic heterocycles. The van der Waals surface area contributed by atoms with Crippen LogP contribution in [0.15, 0.2) is 66.2 Å². The lowest BCUT2D eigenvalue weighted by Crippen LogP contribution is -2.54. The molecule has 1 heterocycles. The highest BCUT2D eigenvalue weighted by atomic mass is 32.1. The summed E-state index contributed by atoms with van der Waals surface area (Å²) in [6.07, 6.45) is 2.29. The lowest BCUT2D eigenvalue weighted by Gasteiger charge is -2.29. The van der Waals surface area contributed by atoms with E-state index < -0.39 is 17.6 Å². The summed E-state index contributed by atoms with van der Waals surface area (Å²) in [6, 6.07) is 16.8. The molecule has 1 N–H and O–H groups in total. The van der Waals surface area contributed by atoms with Crippen LogP contribution in [0.1, 0.15) is 25.8 Å². The van der Waals surface area contributed by atoms with Crippen molar-refractivity contribution < 1.29 is 18.7 Å². The van der Waals surface area contributed by atoms with E-state index in [9.17, 15) is 14.0 Å². The molecule has 162 valence electrons. The van der Waals surface area contributed by atoms with Crippen molar-refractivity contribution in [2.45, 2.75) is 26.4 Å². The molecule has 0 radical (unpaired) electrons. The summed E-state index contributed by atoms with van der Waals surface area (Å²) in [5, 5.41) is 4.30. The molecule has 0 aliphatic carbocycles. The number of nitrogens with one attached hydrogen (secondary N) is 1. The summed E-state index contributed by atoms with van der Waals surface area (Å²) in [5.41, 5.74) is 0.906. The second kappa shape index (κ2) is 8.88. The number of halogens is 1. The van der Waals surface area contributed by atoms with Crippen LogP contribution in [-0.4, -0.2) is 23.0 Å². The maximum Gasteiger partial charge on any atom is 0.270 e. The smallest absolute Gasteiger partial charge is 0.270 e. The second-order valence-electron chi connectivity index (χ2n) is 7.47. The first kappa shape index (κ1) is 21.6. The van der Waals surface area contributed by atoms with E-state index in [-0.39, 0.29) is 16.8 Å². The molecule has 1 aliphatic rings. The Morgan fingerprint density at radius 3 is 2.53 bits per heavy atom. The summed E-state index contributed by atoms with van der Waals surface area (Å²) >= 11 is 5.22. The van der Waals surface area contributed by atoms with Crippen LogP contribution in [0.2, 0.25) is 0 Å². The third-order valence-corrected chi connectivity index (χ3v) is 5.59. The zero-order valence-electron chi connectivity index (χ0n) is 17.6. The number of carbonyl (C=O) groups is 2. The number of carbonyl (C=O) groups excluding carboxylic acids is 2. The quantitative estimate of drug-likeness (QED) is 0.340. The number of hydrogen-bond donors (Lipinski definition) is 1. The molecule has 3 aromatic carbocycles. The second-order valence-corrected chi connectivity index (χ2v) is 7.86. The largest absolute Gasteiger partial charge is 0.490 e. The Morgan fingerprint density at radius 1 is 1.09 bits per heavy atom. The van der Waals surface area contributed by atoms with Gasteiger partial charge < -0.3 is 4.74 Å². The first-order chi connectivity index (χ1) is 15.4. The van der Waals surface area contributed by atoms with Crippen LogP contribution < -0.4 is 15.0 Å². The number of benzene rings is 3. The van der Waals surface area contributed by atoms with E-state index in [0.29, 0.717) is 17.0 Å². The minimum Gasteiger partial charge on any atom is -0.490 e. The van der Waals surface area contributed by atoms with Gasteiger partial charge in [-0.25, -0.2) is 4.39 Å². The molecular formula is C25H21FN2O3S. The van der Waals surface area contributed by atoms with Crippen LogP contribution in [-0.2, 0) is 9.59 Å². The lowest BCUT2D eigenvalue weighted by atomic mass is 9.99. The van der Waals surface area contributed by atoms with Gasteiger partial charge in [0.05, 0.1) is 11.8 Å². The third kappa shape index (κ3) is 4.11. The van der Waals surface area contributed by atoms with Gasteiger partial charge in [0.2, 0.25) is 0 Å². The van der Waals surface area contributed by atoms with Crippen LogP contribution in [0, 0.1) is 5.82 Å². The van der Waals surface area contributed by atoms with Crippen molar-refractivity contribution in [3.8, 4) is 5.75 Å². The monoisotopic (exact) mass is 448 g/mol. The predicted molar refractivity (Wildman–Crippen MR) is 127 cm³/mol. The summed E-state index contributed by atoms with van der Waals surface area (Å²) in [4.78, 5) is 27.3. The number of thiocarbonyl (C=S) groups is 1. The van der Waals surface area contributed by atoms with E-state index in [0.717, 1.165) is 17.2 Å². The highest BCUT2D eigenvalue weighted by Crippen LogP contribution is 2.32. The van der Waals surface area contributed by atoms with Gasteiger partial charge in [0.1, 0.15) is 17.1 Å². The fourth-order valence-corrected chi connectivity index (χ4v) is 3.73. The Bertz CT molecular complexity index is 1250. The molecule has 1 atom stereocenters. The maximum absolute atomic E-state index is 13.4. The fourth-order valence-electron chi connectivity index (χ4n) is 3.45. The zero-order chi connectivity index (χ0) is 22.8. The van der Waals surface area contributed by atoms with E-state index >= 15 is 0 Å². The fraction of sp³-hybridized carbons (Fsp3) is 0.160. The highest BCUT2D eigenvalue weighted by Gasteiger charge is 2.35. The third-order valence-electron chi connectivity index (χ3n) is 5.31. The molecule has 0 saturated carbocycles. The van der Waals surface area contributed by atoms with Crippen molar-refractivity contribution >= 4 is 51.7 Å². The van der Waals surface area contributed by atoms with Gasteiger partial charge in [-0.15, -0.1) is 0 Å². The van der Waals surface area contributed by atoms with E-state index in [1.54, 1.807) is 0 Å². The maximum atomic E-state index is 13.4. The highest BCUT2D eigenvalue weighted by molar-refractivity contribution is 7.80. The summed E-state index contributed by atoms with van der Waals surface area (Å²) in [5.74, 6) is -1.05. The molecule has 0 spiro atoms. The van der Waals surface area contributed by atoms with Gasteiger partial charge in [0.25, 0.3) is 11.8 Å². The van der Waals surface area contributed by atoms with Crippen LogP contribution >= 0.6 is 12.2 Å². The molecule has 0 unspecified atom stereocenters. The number of anilines is 1. The average Bonchev–Trinajstić information content (AvgIpc) is 2.78. The van der Waals surface area contributed by atoms with Crippen molar-refractivity contribution in [1.29, 1.82) is 0 Å². The minimum atomic E-state index is -0.596. The average molecular weight is 449 g/mol. The van der Waals surface area contributed by atoms with E-state index in [1.165, 1.54) is 35.2 Å². The van der Waals surface area contributed by atoms with Crippen molar-refractivity contribution in [3.63, 3.8) is 0 Å². The summed E-state index contributed by atoms with van der Waals surface area (Å²) in [6.45, 7) is 3.97. The van der Waals surface area contributed by atoms with Crippen LogP contribution in [0.25, 0.3) is 16.8 Å². The van der Waals surface area contributed by atoms with E-state index in [2.05, 4.69) is 5.32 Å². The molecule has 1 fully saturated rings. The van der Waals surface area contributed by atoms with Gasteiger partial charge in [-0.05, 0) is 72.7 Å². The Balaban J connectivity index is 1.85. The summed E-state index contributed by atoms with van der Waals surface area (Å²) in [7, 11) is 0. The molecule has 1 aliphatic heterocycles. The zero-order valence-corrected chi connectivity index (χ0v) is 18.4. The number of nitrogens with zero attached hydrogens (tertiary/aromatic N) is 1. The van der Waals surface area contributed by atoms with Gasteiger partial charge in [-0.3, -0.25) is 19.8 Å². The first-order valence-corrected chi connectivity index (χ1v) is 10.6. The van der Waals surface area contributed by atoms with Gasteiger partial charge in [0, 0.05) is 5.56 Å². The number of ether oxygens (including phenoxy) is 1. The van der Waals surface area contributed by atoms with Crippen molar-refractivity contribution in [1.82, 2.24) is 5.32 Å². The number of hydrogen-bond acceptors (Lipinski definition) is 4. The van der Waals surface area contributed by atoms with Crippen LogP contribution in [0.5, 0.6) is 5.75 Å². The molecule has 7 heteroatoms. The molecule has 0 bridgehead atoms. The van der Waals surface area contributed by atoms with E-state index in [4.69, 9.17) is 17.0 Å². The molecule has 4 rings (SSSR count). The first-order valence-electron chi connectivity index (χ1n) is 10.2. The molecule has 5 nitrogen and oxygen atoms in total. The molecule has 32 heavy (non-hydrogen) atoms. The standard InChI is InChI=1S/C25H21FN2O3S/c1-3-15(2)31-22-13-8-16-6-4-5-7-19(16)20(22)14-21-23(29)27-25(32)28(24(21)30)18-11-9-17(26)10-12-18/h4-15H,3H2,1-2H3,(H,27,29,32)/b21-14-/t15-/m1/s1. The van der Waals surface area contributed by atoms with E-state index in [1.807, 2.05) is 50.2 Å². The van der Waals surface area contributed by atoms with Crippen LogP contribution in [0.3, 0.4) is 0 Å². The number of amides is 2. The van der Waals surface area contributed by atoms with Crippen molar-refractivity contribution in [2.24, 2.45) is 0 Å². The number of fused-ring (bicyclic) bond motifs is 1. The lowest BCUT2D eigenvalue weighted by molar-refractivity contribution is -0.122. The Morgan fingerprint density at radius 2 is 1.81 bits per heavy atom. The normalized spacial score (nSPS) is 16.4. The molecule has 3 aromatic rings. The van der Waals surface area contributed by atoms with Gasteiger partial charge in [-0.1, -0.05) is 37.3 Å². The van der Waals surface area contributed by atoms with Gasteiger partial charge in [0.15, 0.2) is 5.11 Å². The molecule has 1 saturated heterocycles. The number of rotatable bonds is 5. The van der Waals surface area contributed by atoms with Gasteiger partial charge in [-0.2, -0.15) is 0 Å². The SMILES string of the molecule is CC[C@@H](C)Oc1ccc2ccccc2c1/C=C1/C(=O)NC(=S)N(c2ccc(F)cc2)C1=O. The predicted octanol–water partition coefficient (Wildman–Crippen LogP) is 4.99.